The van der Waals surface area contributed by atoms with Crippen LogP contribution in [0, 0.1) is 12.3 Å². The Labute approximate surface area is 211 Å². The van der Waals surface area contributed by atoms with Gasteiger partial charge in [-0.15, -0.1) is 0 Å². The molecule has 2 atom stereocenters. The number of carbonyl (C=O) groups is 3. The number of amides is 3. The van der Waals surface area contributed by atoms with E-state index < -0.39 is 12.0 Å². The van der Waals surface area contributed by atoms with E-state index in [2.05, 4.69) is 10.6 Å². The van der Waals surface area contributed by atoms with Gasteiger partial charge in [0, 0.05) is 35.9 Å². The molecule has 4 rings (SSSR count). The molecule has 0 radical (unpaired) electrons. The molecule has 0 spiro atoms. The van der Waals surface area contributed by atoms with Crippen molar-refractivity contribution in [1.29, 1.82) is 0 Å². The first-order valence-corrected chi connectivity index (χ1v) is 12.2. The second kappa shape index (κ2) is 9.72. The van der Waals surface area contributed by atoms with Gasteiger partial charge in [0.25, 0.3) is 11.8 Å². The fourth-order valence-corrected chi connectivity index (χ4v) is 4.69. The molecule has 0 bridgehead atoms. The van der Waals surface area contributed by atoms with Gasteiger partial charge in [-0.2, -0.15) is 0 Å². The Kier molecular flexibility index (Phi) is 6.84. The number of aryl methyl sites for hydroxylation is 1. The largest absolute Gasteiger partial charge is 0.488 e. The van der Waals surface area contributed by atoms with Gasteiger partial charge in [-0.1, -0.05) is 26.8 Å². The highest BCUT2D eigenvalue weighted by Gasteiger charge is 2.45. The minimum absolute atomic E-state index is 0.164. The van der Waals surface area contributed by atoms with Crippen molar-refractivity contribution >= 4 is 29.3 Å². The van der Waals surface area contributed by atoms with Gasteiger partial charge in [0.15, 0.2) is 0 Å². The van der Waals surface area contributed by atoms with Crippen LogP contribution in [0.25, 0.3) is 0 Å². The molecule has 2 aromatic carbocycles. The molecule has 9 nitrogen and oxygen atoms in total. The van der Waals surface area contributed by atoms with Crippen molar-refractivity contribution in [3.8, 4) is 5.75 Å². The molecule has 2 aromatic rings. The number of carboxylic acid groups (broad SMARTS) is 1. The first-order chi connectivity index (χ1) is 16.9. The topological polar surface area (TPSA) is 134 Å². The average Bonchev–Trinajstić information content (AvgIpc) is 3.50. The third-order valence-corrected chi connectivity index (χ3v) is 6.69. The van der Waals surface area contributed by atoms with Crippen LogP contribution in [0.1, 0.15) is 66.3 Å². The number of nitrogens with one attached hydrogen (secondary N) is 2. The second-order valence-corrected chi connectivity index (χ2v) is 10.7. The quantitative estimate of drug-likeness (QED) is 0.443. The van der Waals surface area contributed by atoms with Crippen LogP contribution in [0.15, 0.2) is 36.4 Å². The molecule has 2 fully saturated rings. The van der Waals surface area contributed by atoms with E-state index in [1.165, 1.54) is 4.90 Å². The van der Waals surface area contributed by atoms with Crippen molar-refractivity contribution in [3.63, 3.8) is 0 Å². The lowest BCUT2D eigenvalue weighted by Crippen LogP contribution is -2.48. The normalized spacial score (nSPS) is 19.6. The van der Waals surface area contributed by atoms with Crippen LogP contribution in [-0.4, -0.2) is 52.6 Å². The standard InChI is InChI=1S/C27H34N4O5/c1-15-5-6-16(24(32)29-17-7-8-17)13-21(15)30-25(33)19-14-18(9-10-20(19)28)36-22-11-12-31(26(34)35)23(22)27(2,3)4/h5-6,9-10,13-14,17,22-23H,7-8,11-12,28H2,1-4H3,(H,29,32)(H,30,33)(H,34,35)/t22-,23?/m1/s1. The van der Waals surface area contributed by atoms with E-state index in [-0.39, 0.29) is 40.8 Å². The first kappa shape index (κ1) is 25.3. The smallest absolute Gasteiger partial charge is 0.407 e. The van der Waals surface area contributed by atoms with Gasteiger partial charge < -0.3 is 31.1 Å². The number of anilines is 2. The van der Waals surface area contributed by atoms with Gasteiger partial charge in [-0.3, -0.25) is 9.59 Å². The zero-order valence-electron chi connectivity index (χ0n) is 21.1. The molecule has 3 amide bonds. The number of ether oxygens (including phenoxy) is 1. The Balaban J connectivity index is 1.52. The maximum atomic E-state index is 13.2. The van der Waals surface area contributed by atoms with Crippen molar-refractivity contribution in [2.75, 3.05) is 17.6 Å². The minimum Gasteiger partial charge on any atom is -0.488 e. The third-order valence-electron chi connectivity index (χ3n) is 6.69. The number of hydrogen-bond donors (Lipinski definition) is 4. The Bertz CT molecular complexity index is 1190. The monoisotopic (exact) mass is 494 g/mol. The summed E-state index contributed by atoms with van der Waals surface area (Å²) in [5.74, 6) is -0.148. The Hall–Kier alpha value is -3.75. The summed E-state index contributed by atoms with van der Waals surface area (Å²) in [5, 5.41) is 15.4. The van der Waals surface area contributed by atoms with Crippen LogP contribution >= 0.6 is 0 Å². The second-order valence-electron chi connectivity index (χ2n) is 10.7. The van der Waals surface area contributed by atoms with Crippen molar-refractivity contribution in [1.82, 2.24) is 10.2 Å². The van der Waals surface area contributed by atoms with E-state index >= 15 is 0 Å². The van der Waals surface area contributed by atoms with E-state index in [1.807, 2.05) is 27.7 Å². The molecular formula is C27H34N4O5. The van der Waals surface area contributed by atoms with Crippen LogP contribution in [0.3, 0.4) is 0 Å². The zero-order chi connectivity index (χ0) is 26.2. The lowest BCUT2D eigenvalue weighted by Gasteiger charge is -2.36. The van der Waals surface area contributed by atoms with E-state index in [0.29, 0.717) is 30.0 Å². The molecule has 1 saturated carbocycles. The summed E-state index contributed by atoms with van der Waals surface area (Å²) < 4.78 is 6.21. The Morgan fingerprint density at radius 2 is 1.78 bits per heavy atom. The van der Waals surface area contributed by atoms with Gasteiger partial charge in [-0.05, 0) is 61.1 Å². The Morgan fingerprint density at radius 3 is 2.42 bits per heavy atom. The summed E-state index contributed by atoms with van der Waals surface area (Å²) in [6, 6.07) is 9.95. The van der Waals surface area contributed by atoms with E-state index in [4.69, 9.17) is 10.5 Å². The predicted octanol–water partition coefficient (Wildman–Crippen LogP) is 4.27. The number of nitrogens with zero attached hydrogens (tertiary/aromatic N) is 1. The molecule has 1 unspecified atom stereocenters. The highest BCUT2D eigenvalue weighted by molar-refractivity contribution is 6.09. The number of benzene rings is 2. The summed E-state index contributed by atoms with van der Waals surface area (Å²) in [6.07, 6.45) is 1.20. The lowest BCUT2D eigenvalue weighted by atomic mass is 9.84. The van der Waals surface area contributed by atoms with Crippen LogP contribution in [0.2, 0.25) is 0 Å². The molecule has 1 aliphatic heterocycles. The molecule has 192 valence electrons. The highest BCUT2D eigenvalue weighted by atomic mass is 16.5. The molecule has 0 aromatic heterocycles. The molecular weight excluding hydrogens is 460 g/mol. The third kappa shape index (κ3) is 5.56. The molecule has 36 heavy (non-hydrogen) atoms. The van der Waals surface area contributed by atoms with Crippen molar-refractivity contribution in [3.05, 3.63) is 53.1 Å². The van der Waals surface area contributed by atoms with E-state index in [1.54, 1.807) is 36.4 Å². The average molecular weight is 495 g/mol. The molecule has 9 heteroatoms. The predicted molar refractivity (Wildman–Crippen MR) is 137 cm³/mol. The number of nitrogens with two attached hydrogens (primary N) is 1. The first-order valence-electron chi connectivity index (χ1n) is 12.2. The number of hydrogen-bond acceptors (Lipinski definition) is 5. The summed E-state index contributed by atoms with van der Waals surface area (Å²) in [5.41, 5.74) is 8.12. The molecule has 5 N–H and O–H groups in total. The van der Waals surface area contributed by atoms with Crippen molar-refractivity contribution in [2.45, 2.75) is 65.1 Å². The van der Waals surface area contributed by atoms with E-state index in [0.717, 1.165) is 18.4 Å². The van der Waals surface area contributed by atoms with Gasteiger partial charge in [0.05, 0.1) is 11.6 Å². The number of nitrogen functional groups attached to an aromatic ring is 1. The molecule has 1 heterocycles. The zero-order valence-corrected chi connectivity index (χ0v) is 21.1. The Morgan fingerprint density at radius 1 is 1.06 bits per heavy atom. The summed E-state index contributed by atoms with van der Waals surface area (Å²) in [4.78, 5) is 38.8. The SMILES string of the molecule is Cc1ccc(C(=O)NC2CC2)cc1NC(=O)c1cc(O[C@@H]2CCN(C(=O)O)C2C(C)(C)C)ccc1N. The number of likely N-dealkylation sites (tertiary alicyclic amines) is 1. The van der Waals surface area contributed by atoms with Crippen LogP contribution in [0.4, 0.5) is 16.2 Å². The van der Waals surface area contributed by atoms with Crippen molar-refractivity contribution < 1.29 is 24.2 Å². The van der Waals surface area contributed by atoms with E-state index in [9.17, 15) is 19.5 Å². The summed E-state index contributed by atoms with van der Waals surface area (Å²) in [6.45, 7) is 8.19. The lowest BCUT2D eigenvalue weighted by molar-refractivity contribution is 0.0572. The van der Waals surface area contributed by atoms with Crippen LogP contribution in [-0.2, 0) is 0 Å². The van der Waals surface area contributed by atoms with Gasteiger partial charge >= 0.3 is 6.09 Å². The number of carbonyl (C=O) groups excluding carboxylic acids is 2. The van der Waals surface area contributed by atoms with Gasteiger partial charge in [-0.25, -0.2) is 4.79 Å². The highest BCUT2D eigenvalue weighted by Crippen LogP contribution is 2.36. The summed E-state index contributed by atoms with van der Waals surface area (Å²) >= 11 is 0. The summed E-state index contributed by atoms with van der Waals surface area (Å²) in [7, 11) is 0. The maximum Gasteiger partial charge on any atom is 0.407 e. The number of rotatable bonds is 6. The minimum atomic E-state index is -0.971. The fraction of sp³-hybridized carbons (Fsp3) is 0.444. The van der Waals surface area contributed by atoms with Gasteiger partial charge in [0.2, 0.25) is 0 Å². The molecule has 1 saturated heterocycles. The fourth-order valence-electron chi connectivity index (χ4n) is 4.69. The maximum absolute atomic E-state index is 13.2. The molecule has 1 aliphatic carbocycles. The van der Waals surface area contributed by atoms with Crippen LogP contribution < -0.4 is 21.1 Å². The van der Waals surface area contributed by atoms with Crippen LogP contribution in [0.5, 0.6) is 5.75 Å². The molecule has 2 aliphatic rings. The van der Waals surface area contributed by atoms with Crippen molar-refractivity contribution in [2.24, 2.45) is 5.41 Å². The van der Waals surface area contributed by atoms with Gasteiger partial charge in [0.1, 0.15) is 11.9 Å².